The molecule has 0 fully saturated rings. The zero-order valence-electron chi connectivity index (χ0n) is 13.6. The summed E-state index contributed by atoms with van der Waals surface area (Å²) in [6.07, 6.45) is -0.481. The largest absolute Gasteiger partial charge is 0.490 e. The number of ether oxygens (including phenoxy) is 1. The summed E-state index contributed by atoms with van der Waals surface area (Å²) >= 11 is 0. The molecule has 118 valence electrons. The van der Waals surface area contributed by atoms with Gasteiger partial charge in [-0.05, 0) is 31.9 Å². The summed E-state index contributed by atoms with van der Waals surface area (Å²) in [5.41, 5.74) is 3.48. The average Bonchev–Trinajstić information content (AvgIpc) is 2.53. The minimum absolute atomic E-state index is 0.323. The SMILES string of the molecule is Cc1cccc(C)c1OC[C@@H](O)C[NH2+][C@H](C)c1ccccc1. The van der Waals surface area contributed by atoms with Crippen molar-refractivity contribution in [2.75, 3.05) is 13.2 Å². The molecule has 0 spiro atoms. The summed E-state index contributed by atoms with van der Waals surface area (Å²) in [6.45, 7) is 7.15. The number of quaternary nitrogens is 1. The van der Waals surface area contributed by atoms with Crippen LogP contribution in [-0.4, -0.2) is 24.4 Å². The summed E-state index contributed by atoms with van der Waals surface area (Å²) in [7, 11) is 0. The zero-order chi connectivity index (χ0) is 15.9. The van der Waals surface area contributed by atoms with E-state index in [4.69, 9.17) is 4.74 Å². The number of para-hydroxylation sites is 1. The van der Waals surface area contributed by atoms with Gasteiger partial charge in [-0.15, -0.1) is 0 Å². The van der Waals surface area contributed by atoms with E-state index in [2.05, 4.69) is 24.4 Å². The molecule has 0 aromatic heterocycles. The Bertz CT molecular complexity index is 563. The fourth-order valence-electron chi connectivity index (χ4n) is 2.53. The van der Waals surface area contributed by atoms with Gasteiger partial charge in [0.15, 0.2) is 0 Å². The first kappa shape index (κ1) is 16.5. The van der Waals surface area contributed by atoms with Crippen molar-refractivity contribution in [3.8, 4) is 5.75 Å². The fraction of sp³-hybridized carbons (Fsp3) is 0.368. The van der Waals surface area contributed by atoms with E-state index >= 15 is 0 Å². The van der Waals surface area contributed by atoms with Crippen LogP contribution >= 0.6 is 0 Å². The number of hydrogen-bond acceptors (Lipinski definition) is 2. The molecule has 0 heterocycles. The van der Waals surface area contributed by atoms with Gasteiger partial charge in [0.05, 0.1) is 0 Å². The van der Waals surface area contributed by atoms with E-state index in [0.29, 0.717) is 19.2 Å². The molecular weight excluding hydrogens is 274 g/mol. The molecule has 3 heteroatoms. The van der Waals surface area contributed by atoms with E-state index in [-0.39, 0.29) is 0 Å². The smallest absolute Gasteiger partial charge is 0.137 e. The van der Waals surface area contributed by atoms with Gasteiger partial charge in [0.2, 0.25) is 0 Å². The zero-order valence-corrected chi connectivity index (χ0v) is 13.6. The van der Waals surface area contributed by atoms with Crippen LogP contribution in [0.4, 0.5) is 0 Å². The van der Waals surface area contributed by atoms with E-state index < -0.39 is 6.10 Å². The summed E-state index contributed by atoms with van der Waals surface area (Å²) in [4.78, 5) is 0. The highest BCUT2D eigenvalue weighted by atomic mass is 16.5. The van der Waals surface area contributed by atoms with Crippen molar-refractivity contribution in [3.05, 3.63) is 65.2 Å². The minimum Gasteiger partial charge on any atom is -0.490 e. The van der Waals surface area contributed by atoms with Gasteiger partial charge in [0, 0.05) is 5.56 Å². The molecule has 2 aromatic carbocycles. The van der Waals surface area contributed by atoms with E-state index in [1.807, 2.05) is 50.2 Å². The maximum Gasteiger partial charge on any atom is 0.137 e. The molecule has 0 saturated heterocycles. The second kappa shape index (κ2) is 7.97. The first-order valence-electron chi connectivity index (χ1n) is 7.83. The molecule has 2 rings (SSSR count). The highest BCUT2D eigenvalue weighted by Gasteiger charge is 2.13. The molecular formula is C19H26NO2+. The number of hydrogen-bond donors (Lipinski definition) is 2. The Morgan fingerprint density at radius 1 is 1.00 bits per heavy atom. The van der Waals surface area contributed by atoms with E-state index in [1.54, 1.807) is 0 Å². The van der Waals surface area contributed by atoms with Gasteiger partial charge in [0.25, 0.3) is 0 Å². The first-order chi connectivity index (χ1) is 10.6. The molecule has 0 aliphatic heterocycles. The van der Waals surface area contributed by atoms with Crippen LogP contribution in [-0.2, 0) is 0 Å². The number of aryl methyl sites for hydroxylation is 2. The Morgan fingerprint density at radius 2 is 1.64 bits per heavy atom. The van der Waals surface area contributed by atoms with Crippen molar-refractivity contribution < 1.29 is 15.2 Å². The highest BCUT2D eigenvalue weighted by molar-refractivity contribution is 5.39. The van der Waals surface area contributed by atoms with Crippen molar-refractivity contribution in [1.82, 2.24) is 0 Å². The van der Waals surface area contributed by atoms with Crippen molar-refractivity contribution in [2.24, 2.45) is 0 Å². The van der Waals surface area contributed by atoms with E-state index in [1.165, 1.54) is 5.56 Å². The number of aliphatic hydroxyl groups excluding tert-OH is 1. The molecule has 0 aliphatic carbocycles. The summed E-state index contributed by atoms with van der Waals surface area (Å²) in [6, 6.07) is 16.7. The second-order valence-corrected chi connectivity index (χ2v) is 5.86. The average molecular weight is 300 g/mol. The van der Waals surface area contributed by atoms with Crippen LogP contribution in [0.5, 0.6) is 5.75 Å². The molecule has 0 saturated carbocycles. The van der Waals surface area contributed by atoms with E-state index in [0.717, 1.165) is 16.9 Å². The van der Waals surface area contributed by atoms with Crippen molar-refractivity contribution in [1.29, 1.82) is 0 Å². The Balaban J connectivity index is 1.80. The normalized spacial score (nSPS) is 13.6. The lowest BCUT2D eigenvalue weighted by Gasteiger charge is -2.17. The Kier molecular flexibility index (Phi) is 5.99. The molecule has 0 unspecified atom stereocenters. The van der Waals surface area contributed by atoms with Crippen LogP contribution in [0.15, 0.2) is 48.5 Å². The van der Waals surface area contributed by atoms with Gasteiger partial charge >= 0.3 is 0 Å². The number of benzene rings is 2. The Hall–Kier alpha value is -1.84. The first-order valence-corrected chi connectivity index (χ1v) is 7.83. The van der Waals surface area contributed by atoms with Gasteiger partial charge in [0.1, 0.15) is 31.0 Å². The maximum absolute atomic E-state index is 10.1. The van der Waals surface area contributed by atoms with Gasteiger partial charge in [-0.25, -0.2) is 0 Å². The van der Waals surface area contributed by atoms with Crippen LogP contribution in [0, 0.1) is 13.8 Å². The topological polar surface area (TPSA) is 46.1 Å². The van der Waals surface area contributed by atoms with Gasteiger partial charge < -0.3 is 15.2 Å². The summed E-state index contributed by atoms with van der Waals surface area (Å²) < 4.78 is 5.80. The fourth-order valence-corrected chi connectivity index (χ4v) is 2.53. The van der Waals surface area contributed by atoms with Gasteiger partial charge in [-0.1, -0.05) is 48.5 Å². The van der Waals surface area contributed by atoms with E-state index in [9.17, 15) is 5.11 Å². The molecule has 2 atom stereocenters. The van der Waals surface area contributed by atoms with Gasteiger partial charge in [-0.2, -0.15) is 0 Å². The second-order valence-electron chi connectivity index (χ2n) is 5.86. The van der Waals surface area contributed by atoms with Crippen molar-refractivity contribution >= 4 is 0 Å². The standard InChI is InChI=1S/C19H25NO2/c1-14-8-7-9-15(2)19(14)22-13-18(21)12-20-16(3)17-10-5-4-6-11-17/h4-11,16,18,20-21H,12-13H2,1-3H3/p+1/t16-,18+/m1/s1. The lowest BCUT2D eigenvalue weighted by molar-refractivity contribution is -0.698. The molecule has 0 amide bonds. The number of nitrogens with two attached hydrogens (primary N) is 1. The predicted octanol–water partition coefficient (Wildman–Crippen LogP) is 2.37. The monoisotopic (exact) mass is 300 g/mol. The molecule has 0 radical (unpaired) electrons. The predicted molar refractivity (Wildman–Crippen MR) is 89.1 cm³/mol. The highest BCUT2D eigenvalue weighted by Crippen LogP contribution is 2.22. The minimum atomic E-state index is -0.481. The molecule has 0 bridgehead atoms. The number of aliphatic hydroxyl groups is 1. The molecule has 2 aromatic rings. The molecule has 22 heavy (non-hydrogen) atoms. The maximum atomic E-state index is 10.1. The van der Waals surface area contributed by atoms with Crippen LogP contribution in [0.25, 0.3) is 0 Å². The van der Waals surface area contributed by atoms with Crippen molar-refractivity contribution in [2.45, 2.75) is 32.9 Å². The lowest BCUT2D eigenvalue weighted by atomic mass is 10.1. The summed E-state index contributed by atoms with van der Waals surface area (Å²) in [5, 5.41) is 12.3. The third-order valence-corrected chi connectivity index (χ3v) is 3.92. The lowest BCUT2D eigenvalue weighted by Crippen LogP contribution is -2.87. The quantitative estimate of drug-likeness (QED) is 0.824. The molecule has 0 aliphatic rings. The third kappa shape index (κ3) is 4.58. The van der Waals surface area contributed by atoms with Crippen LogP contribution in [0.2, 0.25) is 0 Å². The van der Waals surface area contributed by atoms with Crippen LogP contribution in [0.3, 0.4) is 0 Å². The summed E-state index contributed by atoms with van der Waals surface area (Å²) in [5.74, 6) is 0.887. The third-order valence-electron chi connectivity index (χ3n) is 3.92. The van der Waals surface area contributed by atoms with Crippen LogP contribution < -0.4 is 10.1 Å². The van der Waals surface area contributed by atoms with Gasteiger partial charge in [-0.3, -0.25) is 0 Å². The van der Waals surface area contributed by atoms with Crippen LogP contribution in [0.1, 0.15) is 29.7 Å². The Morgan fingerprint density at radius 3 is 2.27 bits per heavy atom. The molecule has 3 N–H and O–H groups in total. The Labute approximate surface area is 133 Å². The molecule has 3 nitrogen and oxygen atoms in total. The number of rotatable bonds is 7. The van der Waals surface area contributed by atoms with Crippen molar-refractivity contribution in [3.63, 3.8) is 0 Å².